The van der Waals surface area contributed by atoms with Gasteiger partial charge in [-0.3, -0.25) is 0 Å². The van der Waals surface area contributed by atoms with Gasteiger partial charge < -0.3 is 23.6 Å². The van der Waals surface area contributed by atoms with Crippen molar-refractivity contribution in [3.8, 4) is 39.7 Å². The Kier molecular flexibility index (Phi) is 9.07. The van der Waals surface area contributed by atoms with Crippen LogP contribution in [0.15, 0.2) is 53.2 Å². The molecule has 188 valence electrons. The van der Waals surface area contributed by atoms with Crippen LogP contribution in [0.2, 0.25) is 0 Å². The highest BCUT2D eigenvalue weighted by atomic mass is 16.5. The van der Waals surface area contributed by atoms with Gasteiger partial charge in [0.15, 0.2) is 5.76 Å². The Hall–Kier alpha value is -2.99. The van der Waals surface area contributed by atoms with Crippen LogP contribution in [-0.2, 0) is 0 Å². The molecular weight excluding hydrogens is 440 g/mol. The number of hydrogen-bond acceptors (Lipinski definition) is 6. The van der Waals surface area contributed by atoms with Crippen molar-refractivity contribution >= 4 is 0 Å². The number of ether oxygens (including phenoxy) is 3. The fraction of sp³-hybridized carbons (Fsp3) is 0.483. The maximum absolute atomic E-state index is 6.29. The highest BCUT2D eigenvalue weighted by Gasteiger charge is 2.19. The zero-order valence-electron chi connectivity index (χ0n) is 21.3. The van der Waals surface area contributed by atoms with Crippen LogP contribution in [0.3, 0.4) is 0 Å². The molecule has 3 aromatic rings. The van der Waals surface area contributed by atoms with E-state index in [-0.39, 0.29) is 6.10 Å². The average molecular weight is 479 g/mol. The van der Waals surface area contributed by atoms with Gasteiger partial charge in [-0.05, 0) is 89.0 Å². The van der Waals surface area contributed by atoms with E-state index in [9.17, 15) is 0 Å². The Bertz CT molecular complexity index is 1040. The molecule has 6 nitrogen and oxygen atoms in total. The van der Waals surface area contributed by atoms with Gasteiger partial charge in [0.05, 0.1) is 31.6 Å². The Labute approximate surface area is 209 Å². The maximum atomic E-state index is 6.29. The second kappa shape index (κ2) is 12.6. The van der Waals surface area contributed by atoms with Gasteiger partial charge in [-0.15, -0.1) is 0 Å². The lowest BCUT2D eigenvalue weighted by atomic mass is 10.0. The monoisotopic (exact) mass is 478 g/mol. The van der Waals surface area contributed by atoms with Crippen LogP contribution in [0, 0.1) is 0 Å². The number of hydrogen-bond donors (Lipinski definition) is 0. The molecule has 0 atom stereocenters. The van der Waals surface area contributed by atoms with E-state index in [4.69, 9.17) is 18.7 Å². The second-order valence-electron chi connectivity index (χ2n) is 9.43. The van der Waals surface area contributed by atoms with Crippen molar-refractivity contribution < 1.29 is 18.7 Å². The predicted molar refractivity (Wildman–Crippen MR) is 139 cm³/mol. The third-order valence-corrected chi connectivity index (χ3v) is 6.37. The molecule has 1 aromatic heterocycles. The number of methoxy groups -OCH3 is 1. The topological polar surface area (TPSA) is 57.0 Å². The molecule has 6 heteroatoms. The van der Waals surface area contributed by atoms with Crippen LogP contribution in [0.25, 0.3) is 22.5 Å². The summed E-state index contributed by atoms with van der Waals surface area (Å²) in [5, 5.41) is 4.10. The van der Waals surface area contributed by atoms with Crippen molar-refractivity contribution in [1.29, 1.82) is 0 Å². The first kappa shape index (κ1) is 25.1. The average Bonchev–Trinajstić information content (AvgIpc) is 3.56. The quantitative estimate of drug-likeness (QED) is 0.251. The molecular formula is C29H38N2O4. The smallest absolute Gasteiger partial charge is 0.178 e. The van der Waals surface area contributed by atoms with Crippen molar-refractivity contribution in [3.63, 3.8) is 0 Å². The van der Waals surface area contributed by atoms with E-state index >= 15 is 0 Å². The Balaban J connectivity index is 1.43. The summed E-state index contributed by atoms with van der Waals surface area (Å²) in [6.07, 6.45) is 9.27. The first-order chi connectivity index (χ1) is 17.1. The first-order valence-corrected chi connectivity index (χ1v) is 12.9. The molecule has 4 rings (SSSR count). The highest BCUT2D eigenvalue weighted by Crippen LogP contribution is 2.39. The molecule has 0 amide bonds. The summed E-state index contributed by atoms with van der Waals surface area (Å²) in [5.74, 6) is 3.04. The fourth-order valence-electron chi connectivity index (χ4n) is 4.54. The Morgan fingerprint density at radius 3 is 2.40 bits per heavy atom. The van der Waals surface area contributed by atoms with E-state index < -0.39 is 0 Å². The molecule has 0 spiro atoms. The lowest BCUT2D eigenvalue weighted by molar-refractivity contribution is 0.239. The van der Waals surface area contributed by atoms with Crippen LogP contribution >= 0.6 is 0 Å². The van der Waals surface area contributed by atoms with Gasteiger partial charge in [0.25, 0.3) is 0 Å². The van der Waals surface area contributed by atoms with Crippen LogP contribution in [0.5, 0.6) is 17.2 Å². The van der Waals surface area contributed by atoms with Gasteiger partial charge in [0, 0.05) is 11.6 Å². The summed E-state index contributed by atoms with van der Waals surface area (Å²) < 4.78 is 23.2. The first-order valence-electron chi connectivity index (χ1n) is 12.9. The van der Waals surface area contributed by atoms with E-state index in [0.29, 0.717) is 12.4 Å². The second-order valence-corrected chi connectivity index (χ2v) is 9.43. The van der Waals surface area contributed by atoms with Crippen molar-refractivity contribution in [2.45, 2.75) is 58.5 Å². The molecule has 1 fully saturated rings. The van der Waals surface area contributed by atoms with Crippen LogP contribution < -0.4 is 14.2 Å². The van der Waals surface area contributed by atoms with Crippen molar-refractivity contribution in [1.82, 2.24) is 10.1 Å². The Morgan fingerprint density at radius 2 is 1.66 bits per heavy atom. The van der Waals surface area contributed by atoms with Gasteiger partial charge in [-0.2, -0.15) is 0 Å². The summed E-state index contributed by atoms with van der Waals surface area (Å²) in [7, 11) is 1.66. The molecule has 2 aromatic carbocycles. The van der Waals surface area contributed by atoms with E-state index in [0.717, 1.165) is 40.4 Å². The van der Waals surface area contributed by atoms with E-state index in [1.165, 1.54) is 51.7 Å². The van der Waals surface area contributed by atoms with Crippen LogP contribution in [0.1, 0.15) is 52.4 Å². The molecule has 0 saturated carbocycles. The Morgan fingerprint density at radius 1 is 0.914 bits per heavy atom. The number of rotatable bonds is 13. The molecule has 0 aliphatic carbocycles. The summed E-state index contributed by atoms with van der Waals surface area (Å²) in [4.78, 5) is 2.58. The molecule has 0 unspecified atom stereocenters. The molecule has 35 heavy (non-hydrogen) atoms. The van der Waals surface area contributed by atoms with E-state index in [1.807, 2.05) is 56.3 Å². The molecule has 2 heterocycles. The summed E-state index contributed by atoms with van der Waals surface area (Å²) in [6, 6.07) is 13.8. The minimum atomic E-state index is 0.0875. The third-order valence-electron chi connectivity index (χ3n) is 6.37. The minimum Gasteiger partial charge on any atom is -0.497 e. The van der Waals surface area contributed by atoms with Gasteiger partial charge in [0.2, 0.25) is 0 Å². The lowest BCUT2D eigenvalue weighted by Crippen LogP contribution is -2.20. The zero-order valence-corrected chi connectivity index (χ0v) is 21.3. The van der Waals surface area contributed by atoms with Crippen molar-refractivity contribution in [2.75, 3.05) is 33.4 Å². The van der Waals surface area contributed by atoms with Crippen molar-refractivity contribution in [3.05, 3.63) is 48.7 Å². The molecule has 1 aliphatic heterocycles. The van der Waals surface area contributed by atoms with Gasteiger partial charge in [0.1, 0.15) is 17.2 Å². The largest absolute Gasteiger partial charge is 0.497 e. The van der Waals surface area contributed by atoms with Gasteiger partial charge >= 0.3 is 0 Å². The van der Waals surface area contributed by atoms with E-state index in [2.05, 4.69) is 10.1 Å². The summed E-state index contributed by atoms with van der Waals surface area (Å²) in [6.45, 7) is 8.50. The van der Waals surface area contributed by atoms with Crippen LogP contribution in [0.4, 0.5) is 0 Å². The normalized spacial score (nSPS) is 13.9. The number of likely N-dealkylation sites (tertiary alicyclic amines) is 1. The van der Waals surface area contributed by atoms with Crippen LogP contribution in [-0.4, -0.2) is 49.5 Å². The number of unbranched alkanes of at least 4 members (excludes halogenated alkanes) is 3. The van der Waals surface area contributed by atoms with E-state index in [1.54, 1.807) is 13.3 Å². The molecule has 1 aliphatic rings. The predicted octanol–water partition coefficient (Wildman–Crippen LogP) is 6.84. The maximum Gasteiger partial charge on any atom is 0.178 e. The number of aromatic nitrogens is 1. The SMILES string of the molecule is COc1ccc(-c2cnoc2-c2ccc(OC(C)C)cc2OCCCCCCN2CCCC2)cc1. The lowest BCUT2D eigenvalue weighted by Gasteiger charge is -2.15. The standard InChI is InChI=1S/C29H38N2O4/c1-22(2)34-25-14-15-26(29-27(21-30-35-29)23-10-12-24(32-3)13-11-23)28(20-25)33-19-9-5-4-6-16-31-17-7-8-18-31/h10-15,20-22H,4-9,16-19H2,1-3H3. The molecule has 0 radical (unpaired) electrons. The third kappa shape index (κ3) is 7.01. The summed E-state index contributed by atoms with van der Waals surface area (Å²) in [5.41, 5.74) is 2.80. The summed E-state index contributed by atoms with van der Waals surface area (Å²) >= 11 is 0. The van der Waals surface area contributed by atoms with Gasteiger partial charge in [-0.1, -0.05) is 30.1 Å². The van der Waals surface area contributed by atoms with Gasteiger partial charge in [-0.25, -0.2) is 0 Å². The van der Waals surface area contributed by atoms with Crippen molar-refractivity contribution in [2.24, 2.45) is 0 Å². The molecule has 1 saturated heterocycles. The number of benzene rings is 2. The molecule has 0 N–H and O–H groups in total. The molecule has 0 bridgehead atoms. The highest BCUT2D eigenvalue weighted by molar-refractivity contribution is 5.82. The fourth-order valence-corrected chi connectivity index (χ4v) is 4.54. The zero-order chi connectivity index (χ0) is 24.5. The minimum absolute atomic E-state index is 0.0875. The number of nitrogens with zero attached hydrogens (tertiary/aromatic N) is 2.